The molecular weight excluding hydrogens is 252 g/mol. The number of thioether (sulfide) groups is 1. The number of aromatic carboxylic acids is 1. The summed E-state index contributed by atoms with van der Waals surface area (Å²) in [6.45, 7) is 0. The van der Waals surface area contributed by atoms with Gasteiger partial charge in [-0.25, -0.2) is 4.79 Å². The van der Waals surface area contributed by atoms with Crippen molar-refractivity contribution in [2.45, 2.75) is 11.3 Å². The average Bonchev–Trinajstić information content (AvgIpc) is 2.83. The number of hydrogen-bond acceptors (Lipinski definition) is 3. The van der Waals surface area contributed by atoms with Crippen LogP contribution in [0.5, 0.6) is 0 Å². The fourth-order valence-corrected chi connectivity index (χ4v) is 3.14. The Morgan fingerprint density at radius 3 is 2.59 bits per heavy atom. The van der Waals surface area contributed by atoms with Gasteiger partial charge in [-0.15, -0.1) is 23.1 Å². The van der Waals surface area contributed by atoms with Crippen molar-refractivity contribution in [3.8, 4) is 0 Å². The number of hydrogen-bond donors (Lipinski definition) is 1. The van der Waals surface area contributed by atoms with Crippen molar-refractivity contribution in [1.29, 1.82) is 0 Å². The molecule has 88 valence electrons. The van der Waals surface area contributed by atoms with Gasteiger partial charge in [-0.3, -0.25) is 0 Å². The summed E-state index contributed by atoms with van der Waals surface area (Å²) in [5.74, 6) is 0.146. The zero-order valence-electron chi connectivity index (χ0n) is 9.13. The van der Waals surface area contributed by atoms with Crippen LogP contribution in [0.15, 0.2) is 46.7 Å². The maximum Gasteiger partial charge on any atom is 0.335 e. The van der Waals surface area contributed by atoms with Crippen LogP contribution in [-0.2, 0) is 6.42 Å². The molecule has 1 heterocycles. The molecule has 2 nitrogen and oxygen atoms in total. The third-order valence-electron chi connectivity index (χ3n) is 2.30. The van der Waals surface area contributed by atoms with Gasteiger partial charge in [0.1, 0.15) is 0 Å². The number of benzene rings is 1. The van der Waals surface area contributed by atoms with Crippen LogP contribution in [0.2, 0.25) is 0 Å². The van der Waals surface area contributed by atoms with E-state index >= 15 is 0 Å². The number of carboxylic acids is 1. The second-order valence-electron chi connectivity index (χ2n) is 3.51. The molecule has 17 heavy (non-hydrogen) atoms. The van der Waals surface area contributed by atoms with Crippen molar-refractivity contribution in [2.75, 3.05) is 5.75 Å². The highest BCUT2D eigenvalue weighted by atomic mass is 32.2. The molecule has 0 fully saturated rings. The van der Waals surface area contributed by atoms with Crippen LogP contribution in [0.3, 0.4) is 0 Å². The second kappa shape index (κ2) is 5.89. The summed E-state index contributed by atoms with van der Waals surface area (Å²) in [4.78, 5) is 13.2. The van der Waals surface area contributed by atoms with Gasteiger partial charge >= 0.3 is 5.97 Å². The Bertz CT molecular complexity index is 475. The molecule has 0 radical (unpaired) electrons. The van der Waals surface area contributed by atoms with Gasteiger partial charge in [-0.2, -0.15) is 0 Å². The molecule has 0 amide bonds. The monoisotopic (exact) mass is 264 g/mol. The van der Waals surface area contributed by atoms with E-state index < -0.39 is 5.97 Å². The van der Waals surface area contributed by atoms with Gasteiger partial charge in [-0.05, 0) is 42.1 Å². The van der Waals surface area contributed by atoms with Crippen molar-refractivity contribution in [3.05, 3.63) is 52.2 Å². The SMILES string of the molecule is O=C(O)c1ccc(SCCc2cccs2)cc1. The minimum absolute atomic E-state index is 0.340. The number of aryl methyl sites for hydroxylation is 1. The fourth-order valence-electron chi connectivity index (χ4n) is 1.42. The zero-order chi connectivity index (χ0) is 12.1. The summed E-state index contributed by atoms with van der Waals surface area (Å²) in [5.41, 5.74) is 0.340. The Labute approximate surface area is 108 Å². The van der Waals surface area contributed by atoms with Crippen LogP contribution in [0.4, 0.5) is 0 Å². The van der Waals surface area contributed by atoms with Crippen molar-refractivity contribution >= 4 is 29.1 Å². The minimum Gasteiger partial charge on any atom is -0.478 e. The molecule has 0 aliphatic heterocycles. The molecular formula is C13H12O2S2. The van der Waals surface area contributed by atoms with Crippen LogP contribution < -0.4 is 0 Å². The van der Waals surface area contributed by atoms with Gasteiger partial charge in [0, 0.05) is 15.5 Å². The molecule has 0 bridgehead atoms. The lowest BCUT2D eigenvalue weighted by Crippen LogP contribution is -1.94. The van der Waals surface area contributed by atoms with Gasteiger partial charge in [0.15, 0.2) is 0 Å². The molecule has 4 heteroatoms. The lowest BCUT2D eigenvalue weighted by molar-refractivity contribution is 0.0697. The predicted octanol–water partition coefficient (Wildman–Crippen LogP) is 3.78. The van der Waals surface area contributed by atoms with Crippen LogP contribution in [0.25, 0.3) is 0 Å². The van der Waals surface area contributed by atoms with Crippen LogP contribution >= 0.6 is 23.1 Å². The number of carbonyl (C=O) groups is 1. The van der Waals surface area contributed by atoms with Crippen LogP contribution in [0, 0.1) is 0 Å². The van der Waals surface area contributed by atoms with Crippen molar-refractivity contribution in [1.82, 2.24) is 0 Å². The summed E-state index contributed by atoms with van der Waals surface area (Å²) in [6, 6.07) is 11.2. The van der Waals surface area contributed by atoms with E-state index in [9.17, 15) is 4.79 Å². The largest absolute Gasteiger partial charge is 0.478 e. The highest BCUT2D eigenvalue weighted by Crippen LogP contribution is 2.21. The Morgan fingerprint density at radius 2 is 2.00 bits per heavy atom. The maximum absolute atomic E-state index is 10.7. The predicted molar refractivity (Wildman–Crippen MR) is 72.1 cm³/mol. The highest BCUT2D eigenvalue weighted by molar-refractivity contribution is 7.99. The number of rotatable bonds is 5. The molecule has 0 unspecified atom stereocenters. The molecule has 0 saturated heterocycles. The molecule has 0 saturated carbocycles. The number of thiophene rings is 1. The Balaban J connectivity index is 1.85. The second-order valence-corrected chi connectivity index (χ2v) is 5.71. The van der Waals surface area contributed by atoms with Gasteiger partial charge in [0.2, 0.25) is 0 Å². The summed E-state index contributed by atoms with van der Waals surface area (Å²) < 4.78 is 0. The molecule has 0 aliphatic rings. The maximum atomic E-state index is 10.7. The number of carboxylic acid groups (broad SMARTS) is 1. The van der Waals surface area contributed by atoms with E-state index in [0.717, 1.165) is 17.1 Å². The summed E-state index contributed by atoms with van der Waals surface area (Å²) in [7, 11) is 0. The molecule has 1 N–H and O–H groups in total. The smallest absolute Gasteiger partial charge is 0.335 e. The van der Waals surface area contributed by atoms with E-state index in [1.54, 1.807) is 35.2 Å². The molecule has 0 aliphatic carbocycles. The molecule has 0 atom stereocenters. The first-order valence-electron chi connectivity index (χ1n) is 5.24. The van der Waals surface area contributed by atoms with E-state index in [1.165, 1.54) is 4.88 Å². The quantitative estimate of drug-likeness (QED) is 0.835. The zero-order valence-corrected chi connectivity index (χ0v) is 10.8. The first-order chi connectivity index (χ1) is 8.25. The summed E-state index contributed by atoms with van der Waals surface area (Å²) >= 11 is 3.53. The van der Waals surface area contributed by atoms with Gasteiger partial charge in [-0.1, -0.05) is 6.07 Å². The average molecular weight is 264 g/mol. The third-order valence-corrected chi connectivity index (χ3v) is 4.25. The first-order valence-corrected chi connectivity index (χ1v) is 7.11. The fraction of sp³-hybridized carbons (Fsp3) is 0.154. The van der Waals surface area contributed by atoms with Crippen LogP contribution in [0.1, 0.15) is 15.2 Å². The van der Waals surface area contributed by atoms with Crippen LogP contribution in [-0.4, -0.2) is 16.8 Å². The van der Waals surface area contributed by atoms with Crippen molar-refractivity contribution < 1.29 is 9.90 Å². The lowest BCUT2D eigenvalue weighted by Gasteiger charge is -2.01. The molecule has 1 aromatic heterocycles. The highest BCUT2D eigenvalue weighted by Gasteiger charge is 2.02. The topological polar surface area (TPSA) is 37.3 Å². The molecule has 2 aromatic rings. The Morgan fingerprint density at radius 1 is 1.24 bits per heavy atom. The summed E-state index contributed by atoms with van der Waals surface area (Å²) in [5, 5.41) is 10.9. The molecule has 2 rings (SSSR count). The first kappa shape index (κ1) is 12.2. The van der Waals surface area contributed by atoms with E-state index in [-0.39, 0.29) is 0 Å². The van der Waals surface area contributed by atoms with E-state index in [1.807, 2.05) is 12.1 Å². The van der Waals surface area contributed by atoms with Crippen molar-refractivity contribution in [2.24, 2.45) is 0 Å². The van der Waals surface area contributed by atoms with E-state index in [2.05, 4.69) is 17.5 Å². The molecule has 0 spiro atoms. The van der Waals surface area contributed by atoms with Gasteiger partial charge in [0.05, 0.1) is 5.56 Å². The van der Waals surface area contributed by atoms with Gasteiger partial charge < -0.3 is 5.11 Å². The minimum atomic E-state index is -0.875. The standard InChI is InChI=1S/C13H12O2S2/c14-13(15)10-3-5-12(6-4-10)17-9-7-11-2-1-8-16-11/h1-6,8H,7,9H2,(H,14,15). The van der Waals surface area contributed by atoms with E-state index in [4.69, 9.17) is 5.11 Å². The molecule has 1 aromatic carbocycles. The Hall–Kier alpha value is -1.26. The normalized spacial score (nSPS) is 10.4. The Kier molecular flexibility index (Phi) is 4.23. The summed E-state index contributed by atoms with van der Waals surface area (Å²) in [6.07, 6.45) is 1.06. The van der Waals surface area contributed by atoms with Crippen molar-refractivity contribution in [3.63, 3.8) is 0 Å². The lowest BCUT2D eigenvalue weighted by atomic mass is 10.2. The van der Waals surface area contributed by atoms with Gasteiger partial charge in [0.25, 0.3) is 0 Å². The third kappa shape index (κ3) is 3.61. The van der Waals surface area contributed by atoms with E-state index in [0.29, 0.717) is 5.56 Å².